The monoisotopic (exact) mass is 334 g/mol. The third-order valence-corrected chi connectivity index (χ3v) is 5.69. The highest BCUT2D eigenvalue weighted by Gasteiger charge is 2.24. The molecule has 2 aromatic rings. The third kappa shape index (κ3) is 3.34. The molecule has 3 heteroatoms. The van der Waals surface area contributed by atoms with Crippen molar-refractivity contribution in [2.75, 3.05) is 19.6 Å². The molecule has 0 radical (unpaired) electrons. The fraction of sp³-hybridized carbons (Fsp3) is 0.409. The number of aryl methyl sites for hydroxylation is 1. The van der Waals surface area contributed by atoms with Gasteiger partial charge in [-0.25, -0.2) is 0 Å². The van der Waals surface area contributed by atoms with E-state index in [9.17, 15) is 4.79 Å². The van der Waals surface area contributed by atoms with Gasteiger partial charge in [0, 0.05) is 19.5 Å². The maximum Gasteiger partial charge on any atom is 0.222 e. The standard InChI is InChI=1S/C22H26N2O/c23-14-17-10-11-24(15-17)22(25)7-3-4-16-8-9-19-13-18-5-1-2-6-20(18)21(19)12-16/h1-2,5-6,8-9,12,17H,3-4,7,10-11,13-15,23H2. The highest BCUT2D eigenvalue weighted by atomic mass is 16.2. The van der Waals surface area contributed by atoms with Crippen LogP contribution in [0.25, 0.3) is 11.1 Å². The predicted octanol–water partition coefficient (Wildman–Crippen LogP) is 3.39. The first-order valence-electron chi connectivity index (χ1n) is 9.42. The molecule has 1 amide bonds. The van der Waals surface area contributed by atoms with E-state index in [1.807, 2.05) is 4.90 Å². The van der Waals surface area contributed by atoms with Crippen molar-refractivity contribution in [3.63, 3.8) is 0 Å². The number of amides is 1. The fourth-order valence-electron chi connectivity index (χ4n) is 4.18. The zero-order chi connectivity index (χ0) is 17.2. The van der Waals surface area contributed by atoms with Crippen molar-refractivity contribution >= 4 is 5.91 Å². The van der Waals surface area contributed by atoms with Gasteiger partial charge in [0.25, 0.3) is 0 Å². The van der Waals surface area contributed by atoms with Gasteiger partial charge in [-0.1, -0.05) is 42.5 Å². The Kier molecular flexibility index (Phi) is 4.58. The number of benzene rings is 2. The smallest absolute Gasteiger partial charge is 0.222 e. The Bertz CT molecular complexity index is 783. The molecule has 1 unspecified atom stereocenters. The summed E-state index contributed by atoms with van der Waals surface area (Å²) >= 11 is 0. The number of nitrogens with two attached hydrogens (primary N) is 1. The summed E-state index contributed by atoms with van der Waals surface area (Å²) in [5, 5.41) is 0. The number of fused-ring (bicyclic) bond motifs is 3. The molecule has 4 rings (SSSR count). The molecule has 1 fully saturated rings. The van der Waals surface area contributed by atoms with Crippen LogP contribution in [0.15, 0.2) is 42.5 Å². The van der Waals surface area contributed by atoms with E-state index in [4.69, 9.17) is 5.73 Å². The van der Waals surface area contributed by atoms with Crippen LogP contribution in [-0.2, 0) is 17.6 Å². The van der Waals surface area contributed by atoms with Crippen LogP contribution in [0.5, 0.6) is 0 Å². The first kappa shape index (κ1) is 16.3. The Morgan fingerprint density at radius 2 is 1.96 bits per heavy atom. The van der Waals surface area contributed by atoms with E-state index in [2.05, 4.69) is 42.5 Å². The number of carbonyl (C=O) groups is 1. The van der Waals surface area contributed by atoms with Crippen molar-refractivity contribution in [1.82, 2.24) is 4.90 Å². The summed E-state index contributed by atoms with van der Waals surface area (Å²) in [4.78, 5) is 14.3. The van der Waals surface area contributed by atoms with Gasteiger partial charge >= 0.3 is 0 Å². The first-order chi connectivity index (χ1) is 12.2. The summed E-state index contributed by atoms with van der Waals surface area (Å²) in [5.41, 5.74) is 12.7. The predicted molar refractivity (Wildman–Crippen MR) is 101 cm³/mol. The van der Waals surface area contributed by atoms with Crippen molar-refractivity contribution in [3.05, 3.63) is 59.2 Å². The molecule has 0 aromatic heterocycles. The van der Waals surface area contributed by atoms with Crippen LogP contribution < -0.4 is 5.73 Å². The van der Waals surface area contributed by atoms with Crippen molar-refractivity contribution in [2.45, 2.75) is 32.1 Å². The Balaban J connectivity index is 1.35. The van der Waals surface area contributed by atoms with Gasteiger partial charge < -0.3 is 10.6 Å². The molecule has 25 heavy (non-hydrogen) atoms. The van der Waals surface area contributed by atoms with Crippen LogP contribution in [0, 0.1) is 5.92 Å². The number of rotatable bonds is 5. The molecule has 1 heterocycles. The van der Waals surface area contributed by atoms with E-state index in [1.165, 1.54) is 27.8 Å². The summed E-state index contributed by atoms with van der Waals surface area (Å²) in [6, 6.07) is 15.5. The van der Waals surface area contributed by atoms with E-state index < -0.39 is 0 Å². The zero-order valence-corrected chi connectivity index (χ0v) is 14.7. The molecule has 1 aliphatic heterocycles. The maximum absolute atomic E-state index is 12.3. The average Bonchev–Trinajstić information content (AvgIpc) is 3.26. The van der Waals surface area contributed by atoms with Crippen molar-refractivity contribution in [3.8, 4) is 11.1 Å². The minimum atomic E-state index is 0.294. The quantitative estimate of drug-likeness (QED) is 0.777. The lowest BCUT2D eigenvalue weighted by atomic mass is 10.00. The molecule has 2 aromatic carbocycles. The molecular weight excluding hydrogens is 308 g/mol. The largest absolute Gasteiger partial charge is 0.342 e. The Morgan fingerprint density at radius 1 is 1.12 bits per heavy atom. The number of likely N-dealkylation sites (tertiary alicyclic amines) is 1. The van der Waals surface area contributed by atoms with Gasteiger partial charge in [-0.2, -0.15) is 0 Å². The van der Waals surface area contributed by atoms with Crippen LogP contribution in [0.2, 0.25) is 0 Å². The van der Waals surface area contributed by atoms with Crippen molar-refractivity contribution < 1.29 is 4.79 Å². The number of hydrogen-bond acceptors (Lipinski definition) is 2. The SMILES string of the molecule is NCC1CCN(C(=O)CCCc2ccc3c(c2)-c2ccccc2C3)C1. The summed E-state index contributed by atoms with van der Waals surface area (Å²) < 4.78 is 0. The van der Waals surface area contributed by atoms with Gasteiger partial charge in [0.2, 0.25) is 5.91 Å². The highest BCUT2D eigenvalue weighted by Crippen LogP contribution is 2.37. The second-order valence-electron chi connectivity index (χ2n) is 7.41. The fourth-order valence-corrected chi connectivity index (χ4v) is 4.18. The number of carbonyl (C=O) groups excluding carboxylic acids is 1. The molecule has 3 nitrogen and oxygen atoms in total. The van der Waals surface area contributed by atoms with Gasteiger partial charge in [0.1, 0.15) is 0 Å². The number of hydrogen-bond donors (Lipinski definition) is 1. The molecule has 2 aliphatic rings. The second kappa shape index (κ2) is 7.01. The van der Waals surface area contributed by atoms with Crippen LogP contribution in [-0.4, -0.2) is 30.4 Å². The molecule has 1 atom stereocenters. The summed E-state index contributed by atoms with van der Waals surface area (Å²) in [6.07, 6.45) is 4.64. The highest BCUT2D eigenvalue weighted by molar-refractivity contribution is 5.77. The molecule has 0 bridgehead atoms. The van der Waals surface area contributed by atoms with Gasteiger partial charge in [0.15, 0.2) is 0 Å². The Hall–Kier alpha value is -2.13. The average molecular weight is 334 g/mol. The summed E-state index contributed by atoms with van der Waals surface area (Å²) in [5.74, 6) is 0.795. The van der Waals surface area contributed by atoms with E-state index in [0.717, 1.165) is 38.8 Å². The van der Waals surface area contributed by atoms with E-state index in [1.54, 1.807) is 0 Å². The number of nitrogens with zero attached hydrogens (tertiary/aromatic N) is 1. The Morgan fingerprint density at radius 3 is 2.80 bits per heavy atom. The van der Waals surface area contributed by atoms with Crippen molar-refractivity contribution in [1.29, 1.82) is 0 Å². The maximum atomic E-state index is 12.3. The molecule has 0 saturated carbocycles. The topological polar surface area (TPSA) is 46.3 Å². The Labute approximate surface area is 149 Å². The van der Waals surface area contributed by atoms with E-state index in [0.29, 0.717) is 24.8 Å². The first-order valence-corrected chi connectivity index (χ1v) is 9.42. The molecule has 1 saturated heterocycles. The van der Waals surface area contributed by atoms with Crippen LogP contribution in [0.1, 0.15) is 36.0 Å². The molecule has 130 valence electrons. The minimum absolute atomic E-state index is 0.294. The van der Waals surface area contributed by atoms with Gasteiger partial charge in [-0.3, -0.25) is 4.79 Å². The van der Waals surface area contributed by atoms with Gasteiger partial charge in [0.05, 0.1) is 0 Å². The second-order valence-corrected chi connectivity index (χ2v) is 7.41. The molecule has 0 spiro atoms. The lowest BCUT2D eigenvalue weighted by Gasteiger charge is -2.16. The van der Waals surface area contributed by atoms with E-state index >= 15 is 0 Å². The lowest BCUT2D eigenvalue weighted by molar-refractivity contribution is -0.130. The minimum Gasteiger partial charge on any atom is -0.342 e. The summed E-state index contributed by atoms with van der Waals surface area (Å²) in [6.45, 7) is 2.43. The van der Waals surface area contributed by atoms with Crippen LogP contribution in [0.3, 0.4) is 0 Å². The normalized spacial score (nSPS) is 18.3. The van der Waals surface area contributed by atoms with E-state index in [-0.39, 0.29) is 0 Å². The van der Waals surface area contributed by atoms with Crippen LogP contribution >= 0.6 is 0 Å². The molecule has 1 aliphatic carbocycles. The van der Waals surface area contributed by atoms with Gasteiger partial charge in [-0.15, -0.1) is 0 Å². The zero-order valence-electron chi connectivity index (χ0n) is 14.7. The molecule has 2 N–H and O–H groups in total. The third-order valence-electron chi connectivity index (χ3n) is 5.69. The van der Waals surface area contributed by atoms with Crippen LogP contribution in [0.4, 0.5) is 0 Å². The van der Waals surface area contributed by atoms with Crippen molar-refractivity contribution in [2.24, 2.45) is 11.7 Å². The summed E-state index contributed by atoms with van der Waals surface area (Å²) in [7, 11) is 0. The lowest BCUT2D eigenvalue weighted by Crippen LogP contribution is -2.29. The molecular formula is C22H26N2O. The van der Waals surface area contributed by atoms with Gasteiger partial charge in [-0.05, 0) is 66.0 Å².